The summed E-state index contributed by atoms with van der Waals surface area (Å²) in [4.78, 5) is 46.7. The molecule has 1 saturated carbocycles. The van der Waals surface area contributed by atoms with Crippen molar-refractivity contribution in [3.63, 3.8) is 0 Å². The monoisotopic (exact) mass is 496 g/mol. The third-order valence-corrected chi connectivity index (χ3v) is 6.73. The van der Waals surface area contributed by atoms with Crippen molar-refractivity contribution in [1.29, 1.82) is 0 Å². The number of amides is 3. The number of piperazine rings is 1. The van der Waals surface area contributed by atoms with Crippen LogP contribution in [-0.2, 0) is 24.0 Å². The van der Waals surface area contributed by atoms with Gasteiger partial charge in [-0.15, -0.1) is 0 Å². The number of carbonyl (C=O) groups excluding carboxylic acids is 3. The second kappa shape index (κ2) is 14.1. The van der Waals surface area contributed by atoms with Crippen LogP contribution in [0.3, 0.4) is 0 Å². The molecule has 1 saturated heterocycles. The van der Waals surface area contributed by atoms with Crippen LogP contribution in [0.5, 0.6) is 0 Å². The van der Waals surface area contributed by atoms with Crippen molar-refractivity contribution < 1.29 is 24.0 Å². The van der Waals surface area contributed by atoms with E-state index < -0.39 is 23.7 Å². The molecule has 0 spiro atoms. The molecule has 0 bridgehead atoms. The Hall–Kier alpha value is -1.71. The molecular formula is C26H48N4O5. The van der Waals surface area contributed by atoms with Gasteiger partial charge in [0.15, 0.2) is 6.29 Å². The van der Waals surface area contributed by atoms with E-state index in [9.17, 15) is 14.4 Å². The van der Waals surface area contributed by atoms with Gasteiger partial charge < -0.3 is 20.3 Å². The van der Waals surface area contributed by atoms with Crippen LogP contribution in [0.2, 0.25) is 0 Å². The molecule has 0 aromatic heterocycles. The summed E-state index contributed by atoms with van der Waals surface area (Å²) in [6.45, 7) is 15.0. The summed E-state index contributed by atoms with van der Waals surface area (Å²) in [7, 11) is 0. The summed E-state index contributed by atoms with van der Waals surface area (Å²) in [6.07, 6.45) is 4.53. The van der Waals surface area contributed by atoms with E-state index in [1.54, 1.807) is 6.92 Å². The Morgan fingerprint density at radius 3 is 2.26 bits per heavy atom. The number of nitrogens with one attached hydrogen (secondary N) is 3. The molecule has 2 aliphatic rings. The van der Waals surface area contributed by atoms with E-state index in [4.69, 9.17) is 9.57 Å². The zero-order valence-corrected chi connectivity index (χ0v) is 22.7. The maximum absolute atomic E-state index is 13.5. The number of hydrogen-bond acceptors (Lipinski definition) is 6. The van der Waals surface area contributed by atoms with E-state index in [1.165, 1.54) is 0 Å². The minimum absolute atomic E-state index is 0.0118. The first kappa shape index (κ1) is 29.5. The van der Waals surface area contributed by atoms with E-state index in [-0.39, 0.29) is 24.1 Å². The highest BCUT2D eigenvalue weighted by atomic mass is 16.8. The molecule has 2 rings (SSSR count). The Labute approximate surface area is 211 Å². The predicted molar refractivity (Wildman–Crippen MR) is 135 cm³/mol. The van der Waals surface area contributed by atoms with Gasteiger partial charge in [-0.25, -0.2) is 10.3 Å². The van der Waals surface area contributed by atoms with Gasteiger partial charge in [0.2, 0.25) is 17.7 Å². The molecule has 3 amide bonds. The van der Waals surface area contributed by atoms with Crippen molar-refractivity contribution in [2.24, 2.45) is 23.2 Å². The minimum atomic E-state index is -0.650. The Morgan fingerprint density at radius 1 is 1.06 bits per heavy atom. The quantitative estimate of drug-likeness (QED) is 0.283. The maximum atomic E-state index is 13.5. The molecule has 9 heteroatoms. The second-order valence-corrected chi connectivity index (χ2v) is 11.6. The first-order valence-corrected chi connectivity index (χ1v) is 13.3. The van der Waals surface area contributed by atoms with Crippen molar-refractivity contribution in [1.82, 2.24) is 21.0 Å². The van der Waals surface area contributed by atoms with Gasteiger partial charge in [0, 0.05) is 38.5 Å². The number of carbonyl (C=O) groups is 3. The fourth-order valence-corrected chi connectivity index (χ4v) is 4.68. The zero-order chi connectivity index (χ0) is 26.0. The fourth-order valence-electron chi connectivity index (χ4n) is 4.68. The molecule has 1 heterocycles. The molecule has 0 aromatic rings. The molecule has 0 radical (unpaired) electrons. The Kier molecular flexibility index (Phi) is 11.9. The van der Waals surface area contributed by atoms with E-state index in [0.717, 1.165) is 38.8 Å². The molecule has 1 aliphatic heterocycles. The van der Waals surface area contributed by atoms with Gasteiger partial charge in [0.1, 0.15) is 6.04 Å². The molecule has 3 N–H and O–H groups in total. The zero-order valence-electron chi connectivity index (χ0n) is 22.7. The van der Waals surface area contributed by atoms with Crippen LogP contribution in [0.1, 0.15) is 80.1 Å². The lowest BCUT2D eigenvalue weighted by atomic mass is 9.84. The van der Waals surface area contributed by atoms with Crippen LogP contribution in [-0.4, -0.2) is 67.7 Å². The highest BCUT2D eigenvalue weighted by molar-refractivity contribution is 5.91. The van der Waals surface area contributed by atoms with E-state index in [1.807, 2.05) is 39.5 Å². The van der Waals surface area contributed by atoms with Gasteiger partial charge in [-0.3, -0.25) is 14.4 Å². The van der Waals surface area contributed by atoms with Crippen molar-refractivity contribution in [3.8, 4) is 0 Å². The van der Waals surface area contributed by atoms with Gasteiger partial charge in [-0.2, -0.15) is 0 Å². The Bertz CT molecular complexity index is 682. The van der Waals surface area contributed by atoms with Gasteiger partial charge in [0.05, 0.1) is 6.61 Å². The standard InChI is InChI=1S/C26H48N4O5/c1-18(2)17-34-19(3)35-29-22(31)16-21(15-20-9-7-8-10-20)24(32)28-23(26(4,5)6)25(33)30-13-11-27-12-14-30/h18-21,23,27H,7-17H2,1-6H3,(H,28,32)(H,29,31)/t19?,21-,23-/m1/s1. The molecule has 2 fully saturated rings. The lowest BCUT2D eigenvalue weighted by Gasteiger charge is -2.37. The van der Waals surface area contributed by atoms with Gasteiger partial charge in [0.25, 0.3) is 0 Å². The molecule has 1 unspecified atom stereocenters. The van der Waals surface area contributed by atoms with Crippen LogP contribution in [0.4, 0.5) is 0 Å². The Morgan fingerprint density at radius 2 is 1.69 bits per heavy atom. The van der Waals surface area contributed by atoms with E-state index in [0.29, 0.717) is 38.0 Å². The lowest BCUT2D eigenvalue weighted by Crippen LogP contribution is -2.59. The molecule has 1 aliphatic carbocycles. The molecular weight excluding hydrogens is 448 g/mol. The summed E-state index contributed by atoms with van der Waals surface area (Å²) < 4.78 is 5.53. The second-order valence-electron chi connectivity index (χ2n) is 11.6. The SMILES string of the molecule is CC(C)COC(C)ONC(=O)C[C@@H](CC1CCCC1)C(=O)N[C@H](C(=O)N1CCNCC1)C(C)(C)C. The third-order valence-electron chi connectivity index (χ3n) is 6.73. The fraction of sp³-hybridized carbons (Fsp3) is 0.885. The number of hydroxylamine groups is 1. The predicted octanol–water partition coefficient (Wildman–Crippen LogP) is 2.60. The summed E-state index contributed by atoms with van der Waals surface area (Å²) >= 11 is 0. The van der Waals surface area contributed by atoms with E-state index in [2.05, 4.69) is 16.1 Å². The van der Waals surface area contributed by atoms with Crippen molar-refractivity contribution >= 4 is 17.7 Å². The van der Waals surface area contributed by atoms with E-state index >= 15 is 0 Å². The number of hydrogen-bond donors (Lipinski definition) is 3. The van der Waals surface area contributed by atoms with Gasteiger partial charge in [-0.1, -0.05) is 60.3 Å². The van der Waals surface area contributed by atoms with Crippen molar-refractivity contribution in [3.05, 3.63) is 0 Å². The molecule has 35 heavy (non-hydrogen) atoms. The van der Waals surface area contributed by atoms with Crippen molar-refractivity contribution in [2.45, 2.75) is 92.4 Å². The number of ether oxygens (including phenoxy) is 1. The summed E-state index contributed by atoms with van der Waals surface area (Å²) in [5.74, 6) is -0.394. The molecule has 9 nitrogen and oxygen atoms in total. The minimum Gasteiger partial charge on any atom is -0.350 e. The highest BCUT2D eigenvalue weighted by Crippen LogP contribution is 2.32. The molecule has 202 valence electrons. The van der Waals surface area contributed by atoms with Crippen molar-refractivity contribution in [2.75, 3.05) is 32.8 Å². The summed E-state index contributed by atoms with van der Waals surface area (Å²) in [5, 5.41) is 6.29. The average Bonchev–Trinajstić information content (AvgIpc) is 3.31. The van der Waals surface area contributed by atoms with Crippen LogP contribution in [0, 0.1) is 23.2 Å². The third kappa shape index (κ3) is 10.4. The average molecular weight is 497 g/mol. The smallest absolute Gasteiger partial charge is 0.245 e. The van der Waals surface area contributed by atoms with Crippen LogP contribution in [0.15, 0.2) is 0 Å². The van der Waals surface area contributed by atoms with Gasteiger partial charge in [-0.05, 0) is 30.6 Å². The maximum Gasteiger partial charge on any atom is 0.245 e. The first-order valence-electron chi connectivity index (χ1n) is 13.3. The van der Waals surface area contributed by atoms with Crippen LogP contribution >= 0.6 is 0 Å². The number of rotatable bonds is 12. The molecule has 0 aromatic carbocycles. The largest absolute Gasteiger partial charge is 0.350 e. The lowest BCUT2D eigenvalue weighted by molar-refractivity contribution is -0.183. The Balaban J connectivity index is 2.03. The normalized spacial score (nSPS) is 19.9. The first-order chi connectivity index (χ1) is 16.5. The topological polar surface area (TPSA) is 109 Å². The van der Waals surface area contributed by atoms with Crippen LogP contribution in [0.25, 0.3) is 0 Å². The molecule has 3 atom stereocenters. The highest BCUT2D eigenvalue weighted by Gasteiger charge is 2.38. The van der Waals surface area contributed by atoms with Gasteiger partial charge >= 0.3 is 0 Å². The van der Waals surface area contributed by atoms with Crippen LogP contribution < -0.4 is 16.1 Å². The summed E-state index contributed by atoms with van der Waals surface area (Å²) in [5.41, 5.74) is 1.99. The summed E-state index contributed by atoms with van der Waals surface area (Å²) in [6, 6.07) is -0.650. The number of nitrogens with zero attached hydrogens (tertiary/aromatic N) is 1.